The van der Waals surface area contributed by atoms with Crippen molar-refractivity contribution in [1.82, 2.24) is 4.98 Å². The molecule has 0 radical (unpaired) electrons. The summed E-state index contributed by atoms with van der Waals surface area (Å²) in [6.45, 7) is 1.34. The van der Waals surface area contributed by atoms with Crippen LogP contribution < -0.4 is 15.5 Å². The summed E-state index contributed by atoms with van der Waals surface area (Å²) in [4.78, 5) is 26.6. The first-order valence-electron chi connectivity index (χ1n) is 6.72. The molecule has 6 nitrogen and oxygen atoms in total. The number of hydrogen-bond acceptors (Lipinski definition) is 4. The van der Waals surface area contributed by atoms with E-state index >= 15 is 0 Å². The van der Waals surface area contributed by atoms with E-state index in [1.54, 1.807) is 13.0 Å². The zero-order valence-corrected chi connectivity index (χ0v) is 11.9. The fourth-order valence-corrected chi connectivity index (χ4v) is 2.13. The van der Waals surface area contributed by atoms with Gasteiger partial charge in [0.25, 0.3) is 5.91 Å². The number of fused-ring (bicyclic) bond motifs is 1. The Hall–Kier alpha value is -3.02. The predicted octanol–water partition coefficient (Wildman–Crippen LogP) is 2.45. The fraction of sp³-hybridized carbons (Fsp3) is 0.125. The molecule has 0 unspecified atom stereocenters. The van der Waals surface area contributed by atoms with E-state index in [9.17, 15) is 9.59 Å². The van der Waals surface area contributed by atoms with Crippen molar-refractivity contribution < 1.29 is 13.9 Å². The van der Waals surface area contributed by atoms with E-state index in [2.05, 4.69) is 10.3 Å². The zero-order chi connectivity index (χ0) is 15.5. The summed E-state index contributed by atoms with van der Waals surface area (Å²) in [5.74, 6) is 0.0409. The second kappa shape index (κ2) is 5.77. The molecule has 2 aromatic heterocycles. The number of nitrogens with one attached hydrogen (secondary N) is 2. The average molecular weight is 298 g/mol. The van der Waals surface area contributed by atoms with Gasteiger partial charge in [0.15, 0.2) is 6.61 Å². The summed E-state index contributed by atoms with van der Waals surface area (Å²) in [6.07, 6.45) is 3.12. The molecular formula is C16H14N2O4. The number of rotatable bonds is 4. The molecule has 0 saturated heterocycles. The van der Waals surface area contributed by atoms with Gasteiger partial charge in [0, 0.05) is 23.5 Å². The minimum absolute atomic E-state index is 0.0532. The van der Waals surface area contributed by atoms with Crippen LogP contribution in [0.2, 0.25) is 0 Å². The van der Waals surface area contributed by atoms with Gasteiger partial charge in [0.2, 0.25) is 11.2 Å². The Labute approximate surface area is 125 Å². The van der Waals surface area contributed by atoms with E-state index in [4.69, 9.17) is 9.15 Å². The van der Waals surface area contributed by atoms with E-state index in [0.717, 1.165) is 10.9 Å². The molecule has 2 N–H and O–H groups in total. The van der Waals surface area contributed by atoms with Crippen molar-refractivity contribution in [2.75, 3.05) is 11.9 Å². The molecule has 3 rings (SSSR count). The smallest absolute Gasteiger partial charge is 0.262 e. The third-order valence-electron chi connectivity index (χ3n) is 3.19. The van der Waals surface area contributed by atoms with E-state index < -0.39 is 0 Å². The number of benzene rings is 1. The average Bonchev–Trinajstić information content (AvgIpc) is 2.94. The lowest BCUT2D eigenvalue weighted by Crippen LogP contribution is -2.22. The number of carbonyl (C=O) groups excluding carboxylic acids is 1. The number of H-pyrrole nitrogens is 1. The van der Waals surface area contributed by atoms with Crippen molar-refractivity contribution in [1.29, 1.82) is 0 Å². The molecule has 0 aliphatic carbocycles. The summed E-state index contributed by atoms with van der Waals surface area (Å²) in [5, 5.41) is 3.78. The van der Waals surface area contributed by atoms with Gasteiger partial charge in [-0.1, -0.05) is 6.07 Å². The Bertz CT molecular complexity index is 879. The Kier molecular flexibility index (Phi) is 3.65. The van der Waals surface area contributed by atoms with Crippen LogP contribution in [0, 0.1) is 6.92 Å². The van der Waals surface area contributed by atoms with Crippen molar-refractivity contribution >= 4 is 22.5 Å². The number of hydrogen-bond donors (Lipinski definition) is 2. The second-order valence-electron chi connectivity index (χ2n) is 4.79. The van der Waals surface area contributed by atoms with Gasteiger partial charge < -0.3 is 19.5 Å². The minimum atomic E-state index is -0.353. The Balaban J connectivity index is 1.66. The standard InChI is InChI=1S/C16H14N2O4/c1-10-16(14(19)5-7-21-10)22-9-15(20)18-12-3-2-11-4-6-17-13(11)8-12/h2-8,17H,9H2,1H3,(H,18,20). The Morgan fingerprint density at radius 3 is 3.00 bits per heavy atom. The molecule has 22 heavy (non-hydrogen) atoms. The van der Waals surface area contributed by atoms with Gasteiger partial charge in [-0.25, -0.2) is 0 Å². The van der Waals surface area contributed by atoms with E-state index in [1.807, 2.05) is 24.4 Å². The van der Waals surface area contributed by atoms with Crippen LogP contribution in [0.5, 0.6) is 5.75 Å². The lowest BCUT2D eigenvalue weighted by molar-refractivity contribution is -0.118. The number of aromatic amines is 1. The van der Waals surface area contributed by atoms with Crippen LogP contribution in [0.1, 0.15) is 5.76 Å². The third kappa shape index (κ3) is 2.85. The van der Waals surface area contributed by atoms with Crippen LogP contribution in [0.3, 0.4) is 0 Å². The summed E-state index contributed by atoms with van der Waals surface area (Å²) in [5.41, 5.74) is 1.27. The highest BCUT2D eigenvalue weighted by molar-refractivity contribution is 5.94. The largest absolute Gasteiger partial charge is 0.476 e. The summed E-state index contributed by atoms with van der Waals surface area (Å²) in [6, 6.07) is 8.73. The Morgan fingerprint density at radius 2 is 2.18 bits per heavy atom. The van der Waals surface area contributed by atoms with Gasteiger partial charge in [-0.2, -0.15) is 0 Å². The van der Waals surface area contributed by atoms with Gasteiger partial charge in [-0.15, -0.1) is 0 Å². The van der Waals surface area contributed by atoms with Crippen molar-refractivity contribution in [3.05, 3.63) is 58.8 Å². The van der Waals surface area contributed by atoms with Crippen LogP contribution >= 0.6 is 0 Å². The lowest BCUT2D eigenvalue weighted by atomic mass is 10.2. The number of aryl methyl sites for hydroxylation is 1. The second-order valence-corrected chi connectivity index (χ2v) is 4.79. The number of amides is 1. The molecule has 0 aliphatic heterocycles. The molecule has 3 aromatic rings. The summed E-state index contributed by atoms with van der Waals surface area (Å²) in [7, 11) is 0. The van der Waals surface area contributed by atoms with Gasteiger partial charge in [-0.3, -0.25) is 9.59 Å². The SMILES string of the molecule is Cc1occc(=O)c1OCC(=O)Nc1ccc2cc[nH]c2c1. The maximum atomic E-state index is 11.9. The molecule has 0 bridgehead atoms. The molecule has 0 atom stereocenters. The number of aromatic nitrogens is 1. The van der Waals surface area contributed by atoms with Gasteiger partial charge in [-0.05, 0) is 30.5 Å². The molecule has 0 fully saturated rings. The molecule has 1 aromatic carbocycles. The van der Waals surface area contributed by atoms with Crippen molar-refractivity contribution in [3.8, 4) is 5.75 Å². The Morgan fingerprint density at radius 1 is 1.32 bits per heavy atom. The minimum Gasteiger partial charge on any atom is -0.476 e. The van der Waals surface area contributed by atoms with Gasteiger partial charge in [0.1, 0.15) is 5.76 Å². The predicted molar refractivity (Wildman–Crippen MR) is 82.1 cm³/mol. The topological polar surface area (TPSA) is 84.3 Å². The third-order valence-corrected chi connectivity index (χ3v) is 3.19. The highest BCUT2D eigenvalue weighted by atomic mass is 16.5. The molecule has 0 saturated carbocycles. The van der Waals surface area contributed by atoms with Crippen molar-refractivity contribution in [3.63, 3.8) is 0 Å². The van der Waals surface area contributed by atoms with Crippen LogP contribution in [0.25, 0.3) is 10.9 Å². The summed E-state index contributed by atoms with van der Waals surface area (Å²) >= 11 is 0. The van der Waals surface area contributed by atoms with Crippen LogP contribution in [-0.4, -0.2) is 17.5 Å². The van der Waals surface area contributed by atoms with Crippen LogP contribution in [0.15, 0.2) is 52.0 Å². The van der Waals surface area contributed by atoms with Gasteiger partial charge >= 0.3 is 0 Å². The fourth-order valence-electron chi connectivity index (χ4n) is 2.13. The molecule has 6 heteroatoms. The van der Waals surface area contributed by atoms with Crippen molar-refractivity contribution in [2.45, 2.75) is 6.92 Å². The molecular weight excluding hydrogens is 284 g/mol. The number of ether oxygens (including phenoxy) is 1. The van der Waals surface area contributed by atoms with Gasteiger partial charge in [0.05, 0.1) is 6.26 Å². The number of carbonyl (C=O) groups is 1. The molecule has 2 heterocycles. The zero-order valence-electron chi connectivity index (χ0n) is 11.9. The molecule has 0 spiro atoms. The van der Waals surface area contributed by atoms with E-state index in [-0.39, 0.29) is 23.7 Å². The maximum absolute atomic E-state index is 11.9. The van der Waals surface area contributed by atoms with E-state index in [0.29, 0.717) is 11.4 Å². The lowest BCUT2D eigenvalue weighted by Gasteiger charge is -2.08. The highest BCUT2D eigenvalue weighted by Crippen LogP contribution is 2.17. The molecule has 112 valence electrons. The molecule has 1 amide bonds. The van der Waals surface area contributed by atoms with Crippen LogP contribution in [-0.2, 0) is 4.79 Å². The monoisotopic (exact) mass is 298 g/mol. The quantitative estimate of drug-likeness (QED) is 0.775. The van der Waals surface area contributed by atoms with Crippen LogP contribution in [0.4, 0.5) is 5.69 Å². The highest BCUT2D eigenvalue weighted by Gasteiger charge is 2.10. The first-order chi connectivity index (χ1) is 10.6. The first kappa shape index (κ1) is 13.9. The van der Waals surface area contributed by atoms with E-state index in [1.165, 1.54) is 12.3 Å². The molecule has 0 aliphatic rings. The van der Waals surface area contributed by atoms with Crippen molar-refractivity contribution in [2.24, 2.45) is 0 Å². The number of anilines is 1. The maximum Gasteiger partial charge on any atom is 0.262 e. The first-order valence-corrected chi connectivity index (χ1v) is 6.72. The normalized spacial score (nSPS) is 10.6. The summed E-state index contributed by atoms with van der Waals surface area (Å²) < 4.78 is 10.3.